The van der Waals surface area contributed by atoms with E-state index in [1.807, 2.05) is 60.7 Å². The lowest BCUT2D eigenvalue weighted by atomic mass is 10.1. The lowest BCUT2D eigenvalue weighted by Gasteiger charge is -2.21. The van der Waals surface area contributed by atoms with E-state index >= 15 is 0 Å². The van der Waals surface area contributed by atoms with Crippen molar-refractivity contribution >= 4 is 13.3 Å². The number of hydrogen-bond acceptors (Lipinski definition) is 2. The Morgan fingerprint density at radius 3 is 2.00 bits per heavy atom. The highest BCUT2D eigenvalue weighted by Crippen LogP contribution is 2.40. The van der Waals surface area contributed by atoms with Gasteiger partial charge >= 0.3 is 7.60 Å². The van der Waals surface area contributed by atoms with Gasteiger partial charge in [-0.2, -0.15) is 0 Å². The summed E-state index contributed by atoms with van der Waals surface area (Å²) < 4.78 is 11.3. The van der Waals surface area contributed by atoms with Gasteiger partial charge in [0.05, 0.1) is 12.2 Å². The lowest BCUT2D eigenvalue weighted by Crippen LogP contribution is -2.15. The fourth-order valence-corrected chi connectivity index (χ4v) is 2.67. The predicted molar refractivity (Wildman–Crippen MR) is 76.2 cm³/mol. The summed E-state index contributed by atoms with van der Waals surface area (Å²) in [7, 11) is -4.09. The zero-order valence-electron chi connectivity index (χ0n) is 10.3. The van der Waals surface area contributed by atoms with Gasteiger partial charge in [-0.05, 0) is 17.7 Å². The second kappa shape index (κ2) is 6.02. The molecule has 4 nitrogen and oxygen atoms in total. The monoisotopic (exact) mass is 277 g/mol. The van der Waals surface area contributed by atoms with Gasteiger partial charge in [-0.1, -0.05) is 48.5 Å². The summed E-state index contributed by atoms with van der Waals surface area (Å²) in [5, 5.41) is 3.16. The molecule has 0 saturated carbocycles. The number of benzene rings is 2. The van der Waals surface area contributed by atoms with Crippen LogP contribution in [-0.2, 0) is 4.57 Å². The van der Waals surface area contributed by atoms with Gasteiger partial charge in [0.15, 0.2) is 0 Å². The Hall–Kier alpha value is -1.61. The number of anilines is 1. The van der Waals surface area contributed by atoms with Gasteiger partial charge in [-0.25, -0.2) is 0 Å². The molecule has 2 rings (SSSR count). The van der Waals surface area contributed by atoms with E-state index in [4.69, 9.17) is 0 Å². The number of para-hydroxylation sites is 1. The lowest BCUT2D eigenvalue weighted by molar-refractivity contribution is 0.370. The first-order valence-corrected chi connectivity index (χ1v) is 7.75. The molecule has 0 amide bonds. The van der Waals surface area contributed by atoms with Crippen molar-refractivity contribution in [3.63, 3.8) is 0 Å². The SMILES string of the molecule is O=P(O)(O)CC(Nc1ccccc1)c1ccccc1. The summed E-state index contributed by atoms with van der Waals surface area (Å²) in [4.78, 5) is 18.4. The van der Waals surface area contributed by atoms with E-state index in [2.05, 4.69) is 5.32 Å². The van der Waals surface area contributed by atoms with Crippen molar-refractivity contribution in [2.75, 3.05) is 11.5 Å². The third kappa shape index (κ3) is 4.52. The molecule has 0 heterocycles. The molecule has 2 aromatic carbocycles. The molecule has 0 fully saturated rings. The highest BCUT2D eigenvalue weighted by molar-refractivity contribution is 7.51. The predicted octanol–water partition coefficient (Wildman–Crippen LogP) is 3.02. The van der Waals surface area contributed by atoms with Crippen LogP contribution in [0.3, 0.4) is 0 Å². The van der Waals surface area contributed by atoms with Crippen LogP contribution in [0.4, 0.5) is 5.69 Å². The minimum atomic E-state index is -4.09. The Kier molecular flexibility index (Phi) is 4.38. The zero-order valence-corrected chi connectivity index (χ0v) is 11.2. The van der Waals surface area contributed by atoms with E-state index in [0.29, 0.717) is 0 Å². The molecule has 0 radical (unpaired) electrons. The van der Waals surface area contributed by atoms with Gasteiger partial charge < -0.3 is 15.1 Å². The van der Waals surface area contributed by atoms with Crippen molar-refractivity contribution < 1.29 is 14.4 Å². The summed E-state index contributed by atoms with van der Waals surface area (Å²) in [6, 6.07) is 18.3. The number of rotatable bonds is 5. The Morgan fingerprint density at radius 1 is 0.947 bits per heavy atom. The van der Waals surface area contributed by atoms with Crippen LogP contribution in [0.1, 0.15) is 11.6 Å². The molecule has 19 heavy (non-hydrogen) atoms. The summed E-state index contributed by atoms with van der Waals surface area (Å²) in [6.45, 7) is 0. The molecule has 0 aliphatic carbocycles. The standard InChI is InChI=1S/C14H16NO3P/c16-19(17,18)11-14(12-7-3-1-4-8-12)15-13-9-5-2-6-10-13/h1-10,14-15H,11H2,(H2,16,17,18). The minimum Gasteiger partial charge on any atom is -0.378 e. The van der Waals surface area contributed by atoms with Crippen molar-refractivity contribution in [2.45, 2.75) is 6.04 Å². The van der Waals surface area contributed by atoms with Gasteiger partial charge in [0.25, 0.3) is 0 Å². The molecule has 0 aliphatic rings. The largest absolute Gasteiger partial charge is 0.378 e. The van der Waals surface area contributed by atoms with Crippen molar-refractivity contribution in [2.24, 2.45) is 0 Å². The second-order valence-electron chi connectivity index (χ2n) is 4.32. The summed E-state index contributed by atoms with van der Waals surface area (Å²) in [6.07, 6.45) is -0.230. The summed E-state index contributed by atoms with van der Waals surface area (Å²) in [5.41, 5.74) is 1.69. The molecular weight excluding hydrogens is 261 g/mol. The van der Waals surface area contributed by atoms with Crippen molar-refractivity contribution in [1.82, 2.24) is 0 Å². The van der Waals surface area contributed by atoms with E-state index in [1.165, 1.54) is 0 Å². The zero-order chi connectivity index (χ0) is 13.7. The maximum Gasteiger partial charge on any atom is 0.327 e. The van der Waals surface area contributed by atoms with Crippen LogP contribution in [0.15, 0.2) is 60.7 Å². The highest BCUT2D eigenvalue weighted by Gasteiger charge is 2.22. The van der Waals surface area contributed by atoms with E-state index in [0.717, 1.165) is 11.3 Å². The third-order valence-electron chi connectivity index (χ3n) is 2.74. The van der Waals surface area contributed by atoms with Gasteiger partial charge in [0, 0.05) is 5.69 Å². The van der Waals surface area contributed by atoms with Gasteiger partial charge in [0.2, 0.25) is 0 Å². The average molecular weight is 277 g/mol. The molecule has 0 aromatic heterocycles. The van der Waals surface area contributed by atoms with Gasteiger partial charge in [-0.3, -0.25) is 4.57 Å². The van der Waals surface area contributed by atoms with Crippen molar-refractivity contribution in [3.8, 4) is 0 Å². The molecule has 0 spiro atoms. The minimum absolute atomic E-state index is 0.230. The van der Waals surface area contributed by atoms with Gasteiger partial charge in [0.1, 0.15) is 0 Å². The Bertz CT molecular complexity index is 553. The van der Waals surface area contributed by atoms with Crippen LogP contribution in [0.25, 0.3) is 0 Å². The molecule has 0 saturated heterocycles. The second-order valence-corrected chi connectivity index (χ2v) is 6.02. The molecular formula is C14H16NO3P. The van der Waals surface area contributed by atoms with Crippen LogP contribution in [0, 0.1) is 0 Å². The molecule has 1 atom stereocenters. The van der Waals surface area contributed by atoms with Crippen molar-refractivity contribution in [1.29, 1.82) is 0 Å². The first kappa shape index (κ1) is 13.8. The topological polar surface area (TPSA) is 69.6 Å². The molecule has 1 unspecified atom stereocenters. The summed E-state index contributed by atoms with van der Waals surface area (Å²) in [5.74, 6) is 0. The molecule has 3 N–H and O–H groups in total. The first-order chi connectivity index (χ1) is 9.04. The molecule has 0 bridgehead atoms. The fraction of sp³-hybridized carbons (Fsp3) is 0.143. The fourth-order valence-electron chi connectivity index (χ4n) is 1.89. The van der Waals surface area contributed by atoms with Crippen molar-refractivity contribution in [3.05, 3.63) is 66.2 Å². The van der Waals surface area contributed by atoms with Crippen LogP contribution in [0.2, 0.25) is 0 Å². The first-order valence-electron chi connectivity index (χ1n) is 5.96. The van der Waals surface area contributed by atoms with E-state index in [-0.39, 0.29) is 6.16 Å². The van der Waals surface area contributed by atoms with Crippen LogP contribution < -0.4 is 5.32 Å². The maximum absolute atomic E-state index is 11.3. The van der Waals surface area contributed by atoms with E-state index < -0.39 is 13.6 Å². The van der Waals surface area contributed by atoms with Crippen LogP contribution >= 0.6 is 7.60 Å². The number of nitrogens with one attached hydrogen (secondary N) is 1. The Morgan fingerprint density at radius 2 is 1.47 bits per heavy atom. The molecule has 5 heteroatoms. The Labute approximate surface area is 112 Å². The van der Waals surface area contributed by atoms with E-state index in [1.54, 1.807) is 0 Å². The maximum atomic E-state index is 11.3. The van der Waals surface area contributed by atoms with E-state index in [9.17, 15) is 14.4 Å². The third-order valence-corrected chi connectivity index (χ3v) is 3.58. The van der Waals surface area contributed by atoms with Crippen LogP contribution in [0.5, 0.6) is 0 Å². The highest BCUT2D eigenvalue weighted by atomic mass is 31.2. The summed E-state index contributed by atoms with van der Waals surface area (Å²) >= 11 is 0. The quantitative estimate of drug-likeness (QED) is 0.735. The van der Waals surface area contributed by atoms with Gasteiger partial charge in [-0.15, -0.1) is 0 Å². The molecule has 0 aliphatic heterocycles. The van der Waals surface area contributed by atoms with Crippen LogP contribution in [-0.4, -0.2) is 15.9 Å². The molecule has 100 valence electrons. The number of hydrogen-bond donors (Lipinski definition) is 3. The average Bonchev–Trinajstić information content (AvgIpc) is 2.39. The normalized spacial score (nSPS) is 12.9. The smallest absolute Gasteiger partial charge is 0.327 e. The molecule has 2 aromatic rings. The Balaban J connectivity index is 2.22.